The van der Waals surface area contributed by atoms with Gasteiger partial charge in [0.15, 0.2) is 5.58 Å². The van der Waals surface area contributed by atoms with Crippen LogP contribution in [-0.4, -0.2) is 18.7 Å². The molecule has 140 valence electrons. The molecule has 0 unspecified atom stereocenters. The lowest BCUT2D eigenvalue weighted by Gasteiger charge is -2.37. The summed E-state index contributed by atoms with van der Waals surface area (Å²) in [5, 5.41) is 0.778. The highest BCUT2D eigenvalue weighted by atomic mass is 16.6. The first-order valence-electron chi connectivity index (χ1n) is 8.73. The van der Waals surface area contributed by atoms with Crippen molar-refractivity contribution in [2.75, 3.05) is 7.11 Å². The van der Waals surface area contributed by atoms with E-state index >= 15 is 0 Å². The molecule has 27 heavy (non-hydrogen) atoms. The highest BCUT2D eigenvalue weighted by molar-refractivity contribution is 5.96. The van der Waals surface area contributed by atoms with E-state index in [4.69, 9.17) is 18.6 Å². The summed E-state index contributed by atoms with van der Waals surface area (Å²) in [4.78, 5) is 24.8. The summed E-state index contributed by atoms with van der Waals surface area (Å²) < 4.78 is 23.2. The van der Waals surface area contributed by atoms with E-state index in [0.29, 0.717) is 45.4 Å². The van der Waals surface area contributed by atoms with E-state index < -0.39 is 17.7 Å². The monoisotopic (exact) mass is 368 g/mol. The van der Waals surface area contributed by atoms with Gasteiger partial charge in [0.25, 0.3) is 0 Å². The van der Waals surface area contributed by atoms with Gasteiger partial charge in [-0.1, -0.05) is 12.1 Å². The van der Waals surface area contributed by atoms with Gasteiger partial charge in [0.2, 0.25) is 5.43 Å². The van der Waals surface area contributed by atoms with Gasteiger partial charge in [0.05, 0.1) is 18.1 Å². The van der Waals surface area contributed by atoms with Crippen LogP contribution in [0, 0.1) is 0 Å². The number of ether oxygens (including phenoxy) is 3. The molecule has 0 spiro atoms. The summed E-state index contributed by atoms with van der Waals surface area (Å²) in [5.41, 5.74) is 0.593. The maximum absolute atomic E-state index is 13.1. The largest absolute Gasteiger partial charge is 0.496 e. The minimum Gasteiger partial charge on any atom is -0.496 e. The van der Waals surface area contributed by atoms with Crippen LogP contribution in [0.4, 0.5) is 0 Å². The first-order valence-corrected chi connectivity index (χ1v) is 8.73. The van der Waals surface area contributed by atoms with Crippen LogP contribution >= 0.6 is 0 Å². The number of benzene rings is 2. The molecule has 1 aromatic heterocycles. The smallest absolute Gasteiger partial charge is 0.303 e. The molecular formula is C21H20O6. The van der Waals surface area contributed by atoms with E-state index in [1.165, 1.54) is 14.0 Å². The fourth-order valence-electron chi connectivity index (χ4n) is 3.68. The molecule has 0 radical (unpaired) electrons. The Morgan fingerprint density at radius 1 is 1.26 bits per heavy atom. The Bertz CT molecular complexity index is 1120. The fourth-order valence-corrected chi connectivity index (χ4v) is 3.68. The van der Waals surface area contributed by atoms with Gasteiger partial charge in [-0.3, -0.25) is 9.59 Å². The van der Waals surface area contributed by atoms with Gasteiger partial charge in [0, 0.05) is 19.4 Å². The van der Waals surface area contributed by atoms with Crippen LogP contribution < -0.4 is 14.9 Å². The number of para-hydroxylation sites is 1. The van der Waals surface area contributed by atoms with Gasteiger partial charge in [-0.05, 0) is 26.0 Å². The third kappa shape index (κ3) is 2.81. The van der Waals surface area contributed by atoms with Gasteiger partial charge in [0.1, 0.15) is 34.2 Å². The average molecular weight is 368 g/mol. The van der Waals surface area contributed by atoms with E-state index in [2.05, 4.69) is 0 Å². The molecule has 6 heteroatoms. The van der Waals surface area contributed by atoms with E-state index in [1.807, 2.05) is 13.8 Å². The van der Waals surface area contributed by atoms with Gasteiger partial charge < -0.3 is 18.6 Å². The minimum absolute atomic E-state index is 0.196. The standard InChI is InChI=1S/C21H20O6/c1-11(22)25-16-10-21(2,3)27-15-9-14(24-4)18-19(23)12-7-5-6-8-13(12)26-20(18)17(15)16/h5-9,16H,10H2,1-4H3/t16-/m1/s1. The molecular weight excluding hydrogens is 348 g/mol. The molecule has 1 aliphatic rings. The van der Waals surface area contributed by atoms with Crippen LogP contribution in [-0.2, 0) is 9.53 Å². The zero-order chi connectivity index (χ0) is 19.3. The summed E-state index contributed by atoms with van der Waals surface area (Å²) in [7, 11) is 1.49. The van der Waals surface area contributed by atoms with Gasteiger partial charge >= 0.3 is 5.97 Å². The topological polar surface area (TPSA) is 75.0 Å². The maximum atomic E-state index is 13.1. The van der Waals surface area contributed by atoms with E-state index in [0.717, 1.165) is 0 Å². The van der Waals surface area contributed by atoms with Crippen LogP contribution in [0.2, 0.25) is 0 Å². The number of methoxy groups -OCH3 is 1. The summed E-state index contributed by atoms with van der Waals surface area (Å²) in [6, 6.07) is 8.69. The van der Waals surface area contributed by atoms with Crippen molar-refractivity contribution in [1.82, 2.24) is 0 Å². The third-order valence-electron chi connectivity index (χ3n) is 4.73. The van der Waals surface area contributed by atoms with Crippen LogP contribution in [0.5, 0.6) is 11.5 Å². The average Bonchev–Trinajstić information content (AvgIpc) is 2.59. The minimum atomic E-state index is -0.584. The predicted octanol–water partition coefficient (Wildman–Crippen LogP) is 4.12. The predicted molar refractivity (Wildman–Crippen MR) is 100 cm³/mol. The second-order valence-corrected chi connectivity index (χ2v) is 7.29. The fraction of sp³-hybridized carbons (Fsp3) is 0.333. The Balaban J connectivity index is 2.13. The Hall–Kier alpha value is -3.02. The van der Waals surface area contributed by atoms with Crippen molar-refractivity contribution in [2.24, 2.45) is 0 Å². The third-order valence-corrected chi connectivity index (χ3v) is 4.73. The van der Waals surface area contributed by atoms with Crippen molar-refractivity contribution >= 4 is 27.9 Å². The van der Waals surface area contributed by atoms with E-state index in [1.54, 1.807) is 30.3 Å². The summed E-state index contributed by atoms with van der Waals surface area (Å²) >= 11 is 0. The normalized spacial score (nSPS) is 18.0. The first kappa shape index (κ1) is 17.4. The lowest BCUT2D eigenvalue weighted by atomic mass is 9.90. The Kier molecular flexibility index (Phi) is 3.87. The Morgan fingerprint density at radius 3 is 2.70 bits per heavy atom. The number of carbonyl (C=O) groups is 1. The van der Waals surface area contributed by atoms with Crippen molar-refractivity contribution in [3.63, 3.8) is 0 Å². The zero-order valence-corrected chi connectivity index (χ0v) is 15.6. The summed E-state index contributed by atoms with van der Waals surface area (Å²) in [6.07, 6.45) is -0.142. The van der Waals surface area contributed by atoms with Crippen LogP contribution in [0.15, 0.2) is 39.5 Å². The van der Waals surface area contributed by atoms with Crippen LogP contribution in [0.1, 0.15) is 38.9 Å². The van der Waals surface area contributed by atoms with E-state index in [-0.39, 0.29) is 5.43 Å². The van der Waals surface area contributed by atoms with Crippen molar-refractivity contribution in [3.8, 4) is 11.5 Å². The van der Waals surface area contributed by atoms with Crippen LogP contribution in [0.3, 0.4) is 0 Å². The molecule has 1 atom stereocenters. The molecule has 0 bridgehead atoms. The maximum Gasteiger partial charge on any atom is 0.303 e. The molecule has 3 aromatic rings. The Labute approximate surface area is 155 Å². The summed E-state index contributed by atoms with van der Waals surface area (Å²) in [6.45, 7) is 5.19. The lowest BCUT2D eigenvalue weighted by Crippen LogP contribution is -2.36. The van der Waals surface area contributed by atoms with E-state index in [9.17, 15) is 9.59 Å². The zero-order valence-electron chi connectivity index (χ0n) is 15.6. The molecule has 1 aliphatic heterocycles. The molecule has 0 saturated heterocycles. The van der Waals surface area contributed by atoms with Crippen molar-refractivity contribution < 1.29 is 23.4 Å². The quantitative estimate of drug-likeness (QED) is 0.500. The SMILES string of the molecule is COc1cc2c(c3oc4ccccc4c(=O)c13)[C@H](OC(C)=O)CC(C)(C)O2. The van der Waals surface area contributed by atoms with Crippen molar-refractivity contribution in [1.29, 1.82) is 0 Å². The number of esters is 1. The number of hydrogen-bond acceptors (Lipinski definition) is 6. The summed E-state index contributed by atoms with van der Waals surface area (Å²) in [5.74, 6) is 0.443. The number of rotatable bonds is 2. The highest BCUT2D eigenvalue weighted by Crippen LogP contribution is 2.47. The molecule has 2 heterocycles. The van der Waals surface area contributed by atoms with Crippen molar-refractivity contribution in [3.05, 3.63) is 46.1 Å². The number of fused-ring (bicyclic) bond motifs is 4. The van der Waals surface area contributed by atoms with Gasteiger partial charge in [-0.15, -0.1) is 0 Å². The van der Waals surface area contributed by atoms with Crippen molar-refractivity contribution in [2.45, 2.75) is 38.9 Å². The molecule has 4 rings (SSSR count). The van der Waals surface area contributed by atoms with Gasteiger partial charge in [-0.25, -0.2) is 0 Å². The molecule has 0 fully saturated rings. The molecule has 2 aromatic carbocycles. The molecule has 6 nitrogen and oxygen atoms in total. The number of hydrogen-bond donors (Lipinski definition) is 0. The molecule has 0 N–H and O–H groups in total. The van der Waals surface area contributed by atoms with Crippen LogP contribution in [0.25, 0.3) is 21.9 Å². The molecule has 0 amide bonds. The second kappa shape index (κ2) is 6.01. The lowest BCUT2D eigenvalue weighted by molar-refractivity contribution is -0.150. The molecule has 0 aliphatic carbocycles. The van der Waals surface area contributed by atoms with Gasteiger partial charge in [-0.2, -0.15) is 0 Å². The Morgan fingerprint density at radius 2 is 2.00 bits per heavy atom. The first-order chi connectivity index (χ1) is 12.8. The highest BCUT2D eigenvalue weighted by Gasteiger charge is 2.39. The molecule has 0 saturated carbocycles. The second-order valence-electron chi connectivity index (χ2n) is 7.29. The number of carbonyl (C=O) groups excluding carboxylic acids is 1.